The van der Waals surface area contributed by atoms with Crippen LogP contribution in [0.5, 0.6) is 11.5 Å². The third kappa shape index (κ3) is 22.2. The van der Waals surface area contributed by atoms with Crippen LogP contribution >= 0.6 is 0 Å². The third-order valence-electron chi connectivity index (χ3n) is 9.51. The summed E-state index contributed by atoms with van der Waals surface area (Å²) >= 11 is 0. The quantitative estimate of drug-likeness (QED) is 0.0336. The first-order valence-electron chi connectivity index (χ1n) is 19.9. The molecule has 71 heavy (non-hydrogen) atoms. The Morgan fingerprint density at radius 1 is 0.662 bits per heavy atom. The maximum absolute atomic E-state index is 13.9. The summed E-state index contributed by atoms with van der Waals surface area (Å²) < 4.78 is 74.8. The van der Waals surface area contributed by atoms with E-state index in [1.165, 1.54) is 24.0 Å². The van der Waals surface area contributed by atoms with Crippen molar-refractivity contribution in [2.45, 2.75) is 88.6 Å². The van der Waals surface area contributed by atoms with Crippen LogP contribution in [0.15, 0.2) is 48.5 Å². The number of likely N-dealkylation sites (tertiary alicyclic amines) is 1. The zero-order valence-electron chi connectivity index (χ0n) is 38.8. The Labute approximate surface area is 405 Å². The molecule has 1 fully saturated rings. The number of carboxylic acids is 2. The smallest absolute Gasteiger partial charge is 0.305 e. The molecule has 0 aliphatic carbocycles. The second-order valence-corrected chi connectivity index (χ2v) is 16.9. The number of rotatable bonds is 25. The Kier molecular flexibility index (Phi) is 25.2. The number of carboxylic acid groups (broad SMARTS) is 2. The SMILES string of the molecule is CC(=O)N[C@@H](CC(=O)O)C(=O)N[C@@H](Cc1ccc(OS(=O)(=O)[O-])cc1)C(=O)N[C@@H](CC(=O)O)C(=O)N[C@@H](Cc1ccc(OS(=O)(=O)[O-])cc1)C(=O)NCC(=O)N[C@@H](C)C(=O)N1CCC[C@H]1C(N)=O.[NH4+].[NH4+].[NH4+]. The van der Waals surface area contributed by atoms with Gasteiger partial charge in [0.1, 0.15) is 47.8 Å². The van der Waals surface area contributed by atoms with Gasteiger partial charge in [-0.3, -0.25) is 47.9 Å². The minimum Gasteiger partial charge on any atom is -0.716 e. The molecular formula is C38H58N11O20S2+. The summed E-state index contributed by atoms with van der Waals surface area (Å²) in [5, 5.41) is 32.3. The molecule has 1 aliphatic heterocycles. The molecule has 6 atom stereocenters. The number of carbonyl (C=O) groups is 10. The molecular weight excluding hydrogens is 995 g/mol. The van der Waals surface area contributed by atoms with Gasteiger partial charge >= 0.3 is 11.9 Å². The van der Waals surface area contributed by atoms with Crippen molar-refractivity contribution in [3.05, 3.63) is 59.7 Å². The molecule has 0 bridgehead atoms. The minimum absolute atomic E-state index is 0. The maximum Gasteiger partial charge on any atom is 0.305 e. The van der Waals surface area contributed by atoms with Crippen LogP contribution in [0.4, 0.5) is 0 Å². The van der Waals surface area contributed by atoms with Gasteiger partial charge in [-0.2, -0.15) is 0 Å². The second kappa shape index (κ2) is 28.2. The Balaban J connectivity index is 0.0000163. The van der Waals surface area contributed by atoms with Gasteiger partial charge in [-0.1, -0.05) is 24.3 Å². The van der Waals surface area contributed by atoms with E-state index < -0.39 is 160 Å². The van der Waals surface area contributed by atoms with Crippen LogP contribution in [0.1, 0.15) is 50.7 Å². The average molecular weight is 1050 g/mol. The van der Waals surface area contributed by atoms with E-state index in [0.29, 0.717) is 12.8 Å². The summed E-state index contributed by atoms with van der Waals surface area (Å²) in [7, 11) is -10.4. The fourth-order valence-electron chi connectivity index (χ4n) is 6.54. The fraction of sp³-hybridized carbons (Fsp3) is 0.421. The highest BCUT2D eigenvalue weighted by molar-refractivity contribution is 7.81. The molecule has 22 N–H and O–H groups in total. The van der Waals surface area contributed by atoms with E-state index in [-0.39, 0.29) is 36.1 Å². The van der Waals surface area contributed by atoms with E-state index in [4.69, 9.17) is 5.73 Å². The van der Waals surface area contributed by atoms with Crippen molar-refractivity contribution in [1.29, 1.82) is 0 Å². The summed E-state index contributed by atoms with van der Waals surface area (Å²) in [6, 6.07) is -0.895. The molecule has 2 aromatic rings. The highest BCUT2D eigenvalue weighted by atomic mass is 32.3. The largest absolute Gasteiger partial charge is 0.716 e. The first-order chi connectivity index (χ1) is 31.6. The number of primary amides is 1. The zero-order chi connectivity index (χ0) is 51.1. The molecule has 1 saturated heterocycles. The minimum atomic E-state index is -5.21. The molecule has 0 radical (unpaired) electrons. The number of amides is 8. The average Bonchev–Trinajstić information content (AvgIpc) is 3.72. The molecule has 1 heterocycles. The van der Waals surface area contributed by atoms with Gasteiger partial charge < -0.3 is 88.7 Å². The monoisotopic (exact) mass is 1050 g/mol. The first-order valence-corrected chi connectivity index (χ1v) is 22.5. The van der Waals surface area contributed by atoms with E-state index in [1.807, 2.05) is 0 Å². The molecule has 0 aromatic heterocycles. The topological polar surface area (TPSA) is 555 Å². The lowest BCUT2D eigenvalue weighted by atomic mass is 10.0. The van der Waals surface area contributed by atoms with Crippen molar-refractivity contribution in [1.82, 2.24) is 55.3 Å². The van der Waals surface area contributed by atoms with Crippen LogP contribution in [0.3, 0.4) is 0 Å². The summed E-state index contributed by atoms with van der Waals surface area (Å²) in [6.45, 7) is 1.64. The van der Waals surface area contributed by atoms with Crippen molar-refractivity contribution in [3.8, 4) is 11.5 Å². The van der Waals surface area contributed by atoms with Crippen LogP contribution < -0.4 is 64.5 Å². The van der Waals surface area contributed by atoms with Gasteiger partial charge in [0.2, 0.25) is 47.3 Å². The third-order valence-corrected chi connectivity index (χ3v) is 10.3. The van der Waals surface area contributed by atoms with Gasteiger partial charge in [-0.25, -0.2) is 16.8 Å². The maximum atomic E-state index is 13.9. The van der Waals surface area contributed by atoms with Gasteiger partial charge in [0.25, 0.3) is 20.8 Å². The number of nitrogens with two attached hydrogens (primary N) is 1. The second-order valence-electron chi connectivity index (χ2n) is 14.9. The summed E-state index contributed by atoms with van der Waals surface area (Å²) in [6.07, 6.45) is -2.44. The standard InChI is InChI=1S/C38H48N8O20S2.3H3N/c1-19(38(58)46-13-3-4-29(46)33(39)53)41-30(48)18-40-34(54)25(14-21-5-9-23(10-6-21)65-67(59,60)61)43-37(57)28(17-32(51)52)45-35(55)26(44-36(56)27(16-31(49)50)42-20(2)47)15-22-7-11-24(12-8-22)66-68(62,63)64;;;/h5-12,19,25-29H,3-4,13-18H2,1-2H3,(H2,39,53)(H,40,54)(H,41,48)(H,42,47)(H,43,57)(H,44,56)(H,45,55)(H,49,50)(H,51,52)(H,59,60,61)(H,62,63,64);3*1H3/p+1/t19-,25-,26-,27-,28-,29-;;;/m0.../s1. The van der Waals surface area contributed by atoms with Crippen molar-refractivity contribution < 1.29 is 92.5 Å². The van der Waals surface area contributed by atoms with E-state index >= 15 is 0 Å². The normalized spacial score (nSPS) is 15.0. The lowest BCUT2D eigenvalue weighted by Crippen LogP contribution is -2.59. The molecule has 0 spiro atoms. The predicted molar refractivity (Wildman–Crippen MR) is 241 cm³/mol. The number of nitrogens with one attached hydrogen (secondary N) is 6. The Bertz CT molecular complexity index is 2460. The molecule has 3 rings (SSSR count). The van der Waals surface area contributed by atoms with Gasteiger partial charge in [0.15, 0.2) is 0 Å². The van der Waals surface area contributed by atoms with E-state index in [0.717, 1.165) is 43.3 Å². The number of nitrogens with zero attached hydrogens (tertiary/aromatic N) is 1. The number of quaternary nitrogens is 3. The zero-order valence-corrected chi connectivity index (χ0v) is 40.5. The van der Waals surface area contributed by atoms with Crippen molar-refractivity contribution in [2.24, 2.45) is 5.73 Å². The Morgan fingerprint density at radius 2 is 1.06 bits per heavy atom. The molecule has 2 aromatic carbocycles. The van der Waals surface area contributed by atoms with Gasteiger partial charge in [-0.15, -0.1) is 0 Å². The van der Waals surface area contributed by atoms with E-state index in [9.17, 15) is 84.1 Å². The highest BCUT2D eigenvalue weighted by Gasteiger charge is 2.36. The molecule has 31 nitrogen and oxygen atoms in total. The lowest BCUT2D eigenvalue weighted by molar-refractivity contribution is -0.141. The van der Waals surface area contributed by atoms with E-state index in [2.05, 4.69) is 40.3 Å². The van der Waals surface area contributed by atoms with Gasteiger partial charge in [-0.05, 0) is 55.2 Å². The van der Waals surface area contributed by atoms with Gasteiger partial charge in [0.05, 0.1) is 19.4 Å². The van der Waals surface area contributed by atoms with E-state index in [1.54, 1.807) is 0 Å². The molecule has 0 unspecified atom stereocenters. The number of benzene rings is 2. The highest BCUT2D eigenvalue weighted by Crippen LogP contribution is 2.19. The van der Waals surface area contributed by atoms with Gasteiger partial charge in [0, 0.05) is 26.3 Å². The Morgan fingerprint density at radius 3 is 1.45 bits per heavy atom. The molecule has 1 aliphatic rings. The molecule has 396 valence electrons. The number of aliphatic carboxylic acids is 2. The van der Waals surface area contributed by atoms with Crippen molar-refractivity contribution in [2.75, 3.05) is 13.1 Å². The number of carbonyl (C=O) groups excluding carboxylic acids is 8. The lowest BCUT2D eigenvalue weighted by Gasteiger charge is -2.26. The summed E-state index contributed by atoms with van der Waals surface area (Å²) in [5.74, 6) is -12.3. The number of hydrogen-bond acceptors (Lipinski definition) is 18. The van der Waals surface area contributed by atoms with Crippen LogP contribution in [0, 0.1) is 0 Å². The van der Waals surface area contributed by atoms with Crippen LogP contribution in [-0.2, 0) is 81.6 Å². The predicted octanol–water partition coefficient (Wildman–Crippen LogP) is -3.72. The molecule has 8 amide bonds. The molecule has 0 saturated carbocycles. The summed E-state index contributed by atoms with van der Waals surface area (Å²) in [5.41, 5.74) is 5.62. The van der Waals surface area contributed by atoms with Crippen LogP contribution in [-0.4, -0.2) is 150 Å². The van der Waals surface area contributed by atoms with Crippen LogP contribution in [0.25, 0.3) is 0 Å². The Hall–Kier alpha value is -7.56. The van der Waals surface area contributed by atoms with Crippen LogP contribution in [0.2, 0.25) is 0 Å². The van der Waals surface area contributed by atoms with Crippen molar-refractivity contribution in [3.63, 3.8) is 0 Å². The first kappa shape index (κ1) is 63.4. The van der Waals surface area contributed by atoms with Crippen molar-refractivity contribution >= 4 is 80.0 Å². The fourth-order valence-corrected chi connectivity index (χ4v) is 7.23. The summed E-state index contributed by atoms with van der Waals surface area (Å²) in [4.78, 5) is 129. The number of hydrogen-bond donors (Lipinski definition) is 12. The molecule has 33 heteroatoms.